The van der Waals surface area contributed by atoms with Crippen molar-refractivity contribution in [2.24, 2.45) is 0 Å². The molecule has 0 radical (unpaired) electrons. The van der Waals surface area contributed by atoms with Crippen molar-refractivity contribution in [3.63, 3.8) is 0 Å². The lowest BCUT2D eigenvalue weighted by Gasteiger charge is -2.23. The van der Waals surface area contributed by atoms with Gasteiger partial charge in [0.15, 0.2) is 9.84 Å². The molecule has 1 N–H and O–H groups in total. The molecule has 0 saturated heterocycles. The highest BCUT2D eigenvalue weighted by molar-refractivity contribution is 7.91. The zero-order valence-corrected chi connectivity index (χ0v) is 12.2. The van der Waals surface area contributed by atoms with Gasteiger partial charge in [-0.1, -0.05) is 6.92 Å². The Bertz CT molecular complexity index is 341. The molecule has 0 rings (SSSR count). The van der Waals surface area contributed by atoms with Crippen LogP contribution in [0.15, 0.2) is 0 Å². The molecule has 0 spiro atoms. The third kappa shape index (κ3) is 6.02. The minimum Gasteiger partial charge on any atom is -0.345 e. The van der Waals surface area contributed by atoms with Gasteiger partial charge in [-0.3, -0.25) is 4.79 Å². The van der Waals surface area contributed by atoms with Crippen molar-refractivity contribution in [2.45, 2.75) is 39.8 Å². The van der Waals surface area contributed by atoms with Gasteiger partial charge < -0.3 is 10.2 Å². The Labute approximate surface area is 104 Å². The normalized spacial score (nSPS) is 15.4. The number of carbonyl (C=O) groups is 1. The zero-order chi connectivity index (χ0) is 13.6. The van der Waals surface area contributed by atoms with Crippen LogP contribution in [0.4, 0.5) is 0 Å². The lowest BCUT2D eigenvalue weighted by atomic mass is 10.2. The van der Waals surface area contributed by atoms with Gasteiger partial charge in [0.05, 0.1) is 11.8 Å². The van der Waals surface area contributed by atoms with Crippen molar-refractivity contribution in [1.29, 1.82) is 0 Å². The van der Waals surface area contributed by atoms with Crippen LogP contribution < -0.4 is 5.32 Å². The van der Waals surface area contributed by atoms with Crippen LogP contribution in [0.25, 0.3) is 0 Å². The molecule has 5 nitrogen and oxygen atoms in total. The molecule has 1 amide bonds. The summed E-state index contributed by atoms with van der Waals surface area (Å²) in [6.45, 7) is 7.70. The summed E-state index contributed by atoms with van der Waals surface area (Å²) in [6, 6.07) is -0.578. The Kier molecular flexibility index (Phi) is 6.70. The van der Waals surface area contributed by atoms with Crippen molar-refractivity contribution < 1.29 is 13.2 Å². The smallest absolute Gasteiger partial charge is 0.239 e. The predicted octanol–water partition coefficient (Wildman–Crippen LogP) is 0.266. The van der Waals surface area contributed by atoms with E-state index in [1.807, 2.05) is 6.92 Å². The maximum Gasteiger partial charge on any atom is 0.239 e. The van der Waals surface area contributed by atoms with E-state index in [0.717, 1.165) is 0 Å². The lowest BCUT2D eigenvalue weighted by molar-refractivity contribution is -0.131. The van der Waals surface area contributed by atoms with E-state index in [-0.39, 0.29) is 29.5 Å². The number of amides is 1. The summed E-state index contributed by atoms with van der Waals surface area (Å²) in [5, 5.41) is 3.01. The molecular formula is C11H24N2O3S. The van der Waals surface area contributed by atoms with E-state index >= 15 is 0 Å². The fraction of sp³-hybridized carbons (Fsp3) is 0.909. The van der Waals surface area contributed by atoms with Crippen LogP contribution in [0.5, 0.6) is 0 Å². The first-order valence-electron chi connectivity index (χ1n) is 5.95. The van der Waals surface area contributed by atoms with Crippen molar-refractivity contribution in [2.75, 3.05) is 25.1 Å². The Balaban J connectivity index is 4.30. The van der Waals surface area contributed by atoms with Crippen molar-refractivity contribution >= 4 is 15.7 Å². The number of rotatable bonds is 7. The molecule has 0 aromatic carbocycles. The van der Waals surface area contributed by atoms with Crippen molar-refractivity contribution in [3.05, 3.63) is 0 Å². The number of nitrogens with zero attached hydrogens (tertiary/aromatic N) is 1. The number of sulfone groups is 1. The lowest BCUT2D eigenvalue weighted by Crippen LogP contribution is -2.48. The summed E-state index contributed by atoms with van der Waals surface area (Å²) in [5.74, 6) is 0.181. The second kappa shape index (κ2) is 6.96. The van der Waals surface area contributed by atoms with Crippen LogP contribution in [0.2, 0.25) is 0 Å². The molecule has 0 saturated carbocycles. The molecule has 0 bridgehead atoms. The van der Waals surface area contributed by atoms with Crippen LogP contribution in [-0.2, 0) is 14.6 Å². The fourth-order valence-electron chi connectivity index (χ4n) is 1.53. The SMILES string of the molecule is CCN(C)C(=O)C(C)NC(C)CS(=O)(=O)CC. The quantitative estimate of drug-likeness (QED) is 0.716. The Morgan fingerprint density at radius 3 is 2.24 bits per heavy atom. The van der Waals surface area contributed by atoms with Gasteiger partial charge in [-0.05, 0) is 20.8 Å². The predicted molar refractivity (Wildman–Crippen MR) is 69.7 cm³/mol. The Hall–Kier alpha value is -0.620. The first-order chi connectivity index (χ1) is 7.73. The minimum atomic E-state index is -3.00. The second-order valence-corrected chi connectivity index (χ2v) is 6.74. The first-order valence-corrected chi connectivity index (χ1v) is 7.77. The maximum absolute atomic E-state index is 11.8. The molecular weight excluding hydrogens is 240 g/mol. The number of hydrogen-bond acceptors (Lipinski definition) is 4. The molecule has 0 heterocycles. The van der Waals surface area contributed by atoms with Gasteiger partial charge in [0.2, 0.25) is 5.91 Å². The highest BCUT2D eigenvalue weighted by Gasteiger charge is 2.20. The van der Waals surface area contributed by atoms with Crippen molar-refractivity contribution in [3.8, 4) is 0 Å². The van der Waals surface area contributed by atoms with E-state index in [9.17, 15) is 13.2 Å². The third-order valence-corrected chi connectivity index (χ3v) is 4.59. The van der Waals surface area contributed by atoms with Gasteiger partial charge in [0, 0.05) is 25.4 Å². The van der Waals surface area contributed by atoms with E-state index in [1.54, 1.807) is 32.7 Å². The average Bonchev–Trinajstić information content (AvgIpc) is 2.25. The maximum atomic E-state index is 11.8. The Morgan fingerprint density at radius 1 is 1.29 bits per heavy atom. The molecule has 17 heavy (non-hydrogen) atoms. The van der Waals surface area contributed by atoms with Gasteiger partial charge in [-0.2, -0.15) is 0 Å². The standard InChI is InChI=1S/C11H24N2O3S/c1-6-13(5)11(14)10(4)12-9(3)8-17(15,16)7-2/h9-10,12H,6-8H2,1-5H3. The molecule has 0 aliphatic carbocycles. The number of carbonyl (C=O) groups excluding carboxylic acids is 1. The number of likely N-dealkylation sites (N-methyl/N-ethyl adjacent to an activating group) is 1. The largest absolute Gasteiger partial charge is 0.345 e. The van der Waals surface area contributed by atoms with Gasteiger partial charge >= 0.3 is 0 Å². The summed E-state index contributed by atoms with van der Waals surface area (Å²) in [6.07, 6.45) is 0. The highest BCUT2D eigenvalue weighted by atomic mass is 32.2. The minimum absolute atomic E-state index is 0.0201. The summed E-state index contributed by atoms with van der Waals surface area (Å²) >= 11 is 0. The second-order valence-electron chi connectivity index (χ2n) is 4.34. The number of hydrogen-bond donors (Lipinski definition) is 1. The zero-order valence-electron chi connectivity index (χ0n) is 11.4. The van der Waals surface area contributed by atoms with E-state index in [2.05, 4.69) is 5.32 Å². The molecule has 2 atom stereocenters. The van der Waals surface area contributed by atoms with E-state index in [4.69, 9.17) is 0 Å². The molecule has 102 valence electrons. The van der Waals surface area contributed by atoms with Gasteiger partial charge in [0.25, 0.3) is 0 Å². The molecule has 2 unspecified atom stereocenters. The molecule has 6 heteroatoms. The topological polar surface area (TPSA) is 66.5 Å². The third-order valence-electron chi connectivity index (χ3n) is 2.70. The van der Waals surface area contributed by atoms with E-state index in [1.165, 1.54) is 0 Å². The van der Waals surface area contributed by atoms with Crippen LogP contribution >= 0.6 is 0 Å². The molecule has 0 fully saturated rings. The summed E-state index contributed by atoms with van der Waals surface area (Å²) in [4.78, 5) is 13.4. The molecule has 0 aromatic rings. The average molecular weight is 264 g/mol. The van der Waals surface area contributed by atoms with Crippen LogP contribution in [0.3, 0.4) is 0 Å². The number of nitrogens with one attached hydrogen (secondary N) is 1. The van der Waals surface area contributed by atoms with Crippen molar-refractivity contribution in [1.82, 2.24) is 10.2 Å². The molecule has 0 aliphatic rings. The molecule has 0 aliphatic heterocycles. The van der Waals surface area contributed by atoms with Gasteiger partial charge in [0.1, 0.15) is 0 Å². The van der Waals surface area contributed by atoms with Gasteiger partial charge in [-0.15, -0.1) is 0 Å². The molecule has 0 aromatic heterocycles. The van der Waals surface area contributed by atoms with Crippen LogP contribution in [-0.4, -0.2) is 56.4 Å². The van der Waals surface area contributed by atoms with Crippen LogP contribution in [0, 0.1) is 0 Å². The monoisotopic (exact) mass is 264 g/mol. The highest BCUT2D eigenvalue weighted by Crippen LogP contribution is 1.98. The summed E-state index contributed by atoms with van der Waals surface area (Å²) in [7, 11) is -1.27. The first kappa shape index (κ1) is 16.4. The van der Waals surface area contributed by atoms with Gasteiger partial charge in [-0.25, -0.2) is 8.42 Å². The Morgan fingerprint density at radius 2 is 1.82 bits per heavy atom. The summed E-state index contributed by atoms with van der Waals surface area (Å²) in [5.41, 5.74) is 0. The van der Waals surface area contributed by atoms with E-state index in [0.29, 0.717) is 6.54 Å². The fourth-order valence-corrected chi connectivity index (χ4v) is 2.63. The van der Waals surface area contributed by atoms with E-state index < -0.39 is 9.84 Å². The van der Waals surface area contributed by atoms with Crippen LogP contribution in [0.1, 0.15) is 27.7 Å². The summed E-state index contributed by atoms with van der Waals surface area (Å²) < 4.78 is 22.8.